The topological polar surface area (TPSA) is 186 Å². The molecule has 2 amide bonds. The molecule has 2 aliphatic rings. The standard InChI is InChI=1S/C30H29Cl2N3O10P2/c31-11-17-15-34(23-9-25(44-46(38,39)40)19-5-1-3-7-21(19)29(17)23)27(36)13-33-14-28(37)35-16-18(12-32)30-22-8-4-2-6-20(22)26(10-24(30)35)45-47(41,42)43/h1-10,17-18,33H,11-16H2,(H2,38,39,40)(H2,41,42,43)/t17-,18?/m1/s1. The summed E-state index contributed by atoms with van der Waals surface area (Å²) in [4.78, 5) is 68.0. The Morgan fingerprint density at radius 1 is 0.702 bits per heavy atom. The minimum absolute atomic E-state index is 0.0833. The van der Waals surface area contributed by atoms with Gasteiger partial charge in [-0.25, -0.2) is 9.13 Å². The highest BCUT2D eigenvalue weighted by Gasteiger charge is 2.37. The molecule has 4 aromatic rings. The summed E-state index contributed by atoms with van der Waals surface area (Å²) < 4.78 is 33.4. The van der Waals surface area contributed by atoms with Crippen LogP contribution >= 0.6 is 38.8 Å². The van der Waals surface area contributed by atoms with Gasteiger partial charge in [-0.1, -0.05) is 48.5 Å². The predicted molar refractivity (Wildman–Crippen MR) is 178 cm³/mol. The summed E-state index contributed by atoms with van der Waals surface area (Å²) in [5, 5.41) is 5.11. The fourth-order valence-corrected chi connectivity index (χ4v) is 7.74. The van der Waals surface area contributed by atoms with E-state index in [1.54, 1.807) is 48.5 Å². The molecule has 2 atom stereocenters. The Labute approximate surface area is 278 Å². The average Bonchev–Trinajstić information content (AvgIpc) is 3.58. The first-order valence-electron chi connectivity index (χ1n) is 14.3. The lowest BCUT2D eigenvalue weighted by molar-refractivity contribution is -0.118. The molecule has 0 saturated carbocycles. The quantitative estimate of drug-likeness (QED) is 0.114. The van der Waals surface area contributed by atoms with Crippen molar-refractivity contribution in [2.45, 2.75) is 11.8 Å². The molecule has 2 heterocycles. The SMILES string of the molecule is O=C(CNCC(=O)N1C[C@@H](CCl)c2c1cc(OP(=O)(O)O)c1ccccc21)N1CC(CCl)c2c1cc(OP(=O)(O)O)c1ccccc21. The first kappa shape index (κ1) is 33.7. The Hall–Kier alpha value is -3.22. The number of halogens is 2. The number of amides is 2. The zero-order valence-corrected chi connectivity index (χ0v) is 27.8. The van der Waals surface area contributed by atoms with E-state index in [4.69, 9.17) is 32.2 Å². The highest BCUT2D eigenvalue weighted by Crippen LogP contribution is 2.50. The number of benzene rings is 4. The van der Waals surface area contributed by atoms with Gasteiger partial charge in [0, 0.05) is 59.6 Å². The average molecular weight is 724 g/mol. The monoisotopic (exact) mass is 723 g/mol. The van der Waals surface area contributed by atoms with Crippen LogP contribution in [0.3, 0.4) is 0 Å². The van der Waals surface area contributed by atoms with E-state index < -0.39 is 27.5 Å². The van der Waals surface area contributed by atoms with Crippen LogP contribution in [-0.4, -0.2) is 69.3 Å². The molecule has 1 unspecified atom stereocenters. The van der Waals surface area contributed by atoms with Crippen LogP contribution < -0.4 is 24.2 Å². The van der Waals surface area contributed by atoms with Crippen molar-refractivity contribution in [2.24, 2.45) is 0 Å². The normalized spacial score (nSPS) is 17.7. The van der Waals surface area contributed by atoms with E-state index >= 15 is 0 Å². The maximum Gasteiger partial charge on any atom is 0.524 e. The molecule has 0 saturated heterocycles. The van der Waals surface area contributed by atoms with Gasteiger partial charge in [-0.05, 0) is 21.9 Å². The molecule has 17 heteroatoms. The second-order valence-corrected chi connectivity index (χ2v) is 14.1. The van der Waals surface area contributed by atoms with Crippen LogP contribution in [-0.2, 0) is 18.7 Å². The van der Waals surface area contributed by atoms with E-state index in [9.17, 15) is 38.3 Å². The summed E-state index contributed by atoms with van der Waals surface area (Å²) in [6.45, 7) is -0.0941. The van der Waals surface area contributed by atoms with Crippen molar-refractivity contribution in [3.8, 4) is 11.5 Å². The van der Waals surface area contributed by atoms with Gasteiger partial charge in [-0.15, -0.1) is 23.2 Å². The zero-order valence-electron chi connectivity index (χ0n) is 24.5. The first-order chi connectivity index (χ1) is 22.3. The molecule has 4 aromatic carbocycles. The number of nitrogens with zero attached hydrogens (tertiary/aromatic N) is 2. The number of phosphoric ester groups is 2. The molecule has 248 valence electrons. The Morgan fingerprint density at radius 2 is 1.06 bits per heavy atom. The van der Waals surface area contributed by atoms with Crippen molar-refractivity contribution in [1.29, 1.82) is 0 Å². The third-order valence-electron chi connectivity index (χ3n) is 8.22. The summed E-state index contributed by atoms with van der Waals surface area (Å²) in [6.07, 6.45) is 0. The van der Waals surface area contributed by atoms with Crippen molar-refractivity contribution in [1.82, 2.24) is 5.32 Å². The van der Waals surface area contributed by atoms with E-state index in [0.717, 1.165) is 11.1 Å². The van der Waals surface area contributed by atoms with E-state index in [0.29, 0.717) is 32.9 Å². The van der Waals surface area contributed by atoms with E-state index in [-0.39, 0.29) is 61.3 Å². The Kier molecular flexibility index (Phi) is 9.32. The van der Waals surface area contributed by atoms with Crippen molar-refractivity contribution in [2.75, 3.05) is 47.7 Å². The number of anilines is 2. The van der Waals surface area contributed by atoms with Crippen molar-refractivity contribution in [3.05, 3.63) is 71.8 Å². The van der Waals surface area contributed by atoms with Gasteiger partial charge in [0.05, 0.1) is 24.5 Å². The van der Waals surface area contributed by atoms with Crippen LogP contribution in [0.15, 0.2) is 60.7 Å². The lowest BCUT2D eigenvalue weighted by Crippen LogP contribution is -2.43. The van der Waals surface area contributed by atoms with Crippen molar-refractivity contribution < 1.29 is 47.3 Å². The number of carbonyl (C=O) groups excluding carboxylic acids is 2. The molecule has 47 heavy (non-hydrogen) atoms. The molecule has 2 aliphatic heterocycles. The molecule has 0 aromatic heterocycles. The van der Waals surface area contributed by atoms with E-state index in [1.807, 2.05) is 0 Å². The minimum atomic E-state index is -4.92. The highest BCUT2D eigenvalue weighted by molar-refractivity contribution is 7.47. The molecule has 0 bridgehead atoms. The summed E-state index contributed by atoms with van der Waals surface area (Å²) in [7, 11) is -9.84. The van der Waals surface area contributed by atoms with Crippen LogP contribution in [0, 0.1) is 0 Å². The first-order valence-corrected chi connectivity index (χ1v) is 18.5. The third kappa shape index (κ3) is 6.73. The number of carbonyl (C=O) groups is 2. The number of hydrogen-bond donors (Lipinski definition) is 5. The van der Waals surface area contributed by atoms with Crippen molar-refractivity contribution >= 4 is 83.6 Å². The summed E-state index contributed by atoms with van der Waals surface area (Å²) >= 11 is 12.6. The maximum atomic E-state index is 13.5. The van der Waals surface area contributed by atoms with Gasteiger partial charge < -0.3 is 18.8 Å². The predicted octanol–water partition coefficient (Wildman–Crippen LogP) is 4.56. The van der Waals surface area contributed by atoms with Gasteiger partial charge in [-0.2, -0.15) is 0 Å². The summed E-state index contributed by atoms with van der Waals surface area (Å²) in [6, 6.07) is 16.7. The van der Waals surface area contributed by atoms with Gasteiger partial charge >= 0.3 is 15.6 Å². The second kappa shape index (κ2) is 13.0. The third-order valence-corrected chi connectivity index (χ3v) is 9.83. The molecule has 0 spiro atoms. The lowest BCUT2D eigenvalue weighted by atomic mass is 9.95. The van der Waals surface area contributed by atoms with Crippen LogP contribution in [0.4, 0.5) is 11.4 Å². The number of fused-ring (bicyclic) bond motifs is 6. The van der Waals surface area contributed by atoms with Gasteiger partial charge in [0.1, 0.15) is 11.5 Å². The minimum Gasteiger partial charge on any atom is -0.404 e. The number of alkyl halides is 2. The molecule has 6 rings (SSSR count). The smallest absolute Gasteiger partial charge is 0.404 e. The molecular weight excluding hydrogens is 695 g/mol. The number of phosphoric acid groups is 2. The molecule has 13 nitrogen and oxygen atoms in total. The van der Waals surface area contributed by atoms with E-state index in [1.165, 1.54) is 21.9 Å². The molecule has 0 aliphatic carbocycles. The Balaban J connectivity index is 1.23. The molecule has 0 radical (unpaired) electrons. The fraction of sp³-hybridized carbons (Fsp3) is 0.267. The number of nitrogens with one attached hydrogen (secondary N) is 1. The summed E-state index contributed by atoms with van der Waals surface area (Å²) in [5.74, 6) is -1.15. The van der Waals surface area contributed by atoms with Gasteiger partial charge in [0.15, 0.2) is 0 Å². The van der Waals surface area contributed by atoms with Crippen LogP contribution in [0.2, 0.25) is 0 Å². The van der Waals surface area contributed by atoms with Crippen molar-refractivity contribution in [3.63, 3.8) is 0 Å². The largest absolute Gasteiger partial charge is 0.524 e. The highest BCUT2D eigenvalue weighted by atomic mass is 35.5. The van der Waals surface area contributed by atoms with E-state index in [2.05, 4.69) is 5.32 Å². The van der Waals surface area contributed by atoms with Crippen LogP contribution in [0.25, 0.3) is 21.5 Å². The molecule has 0 fully saturated rings. The Morgan fingerprint density at radius 3 is 1.40 bits per heavy atom. The van der Waals surface area contributed by atoms with Gasteiger partial charge in [0.2, 0.25) is 11.8 Å². The van der Waals surface area contributed by atoms with Gasteiger partial charge in [-0.3, -0.25) is 34.5 Å². The Bertz CT molecular complexity index is 1860. The lowest BCUT2D eigenvalue weighted by Gasteiger charge is -2.21. The fourth-order valence-electron chi connectivity index (χ4n) is 6.42. The van der Waals surface area contributed by atoms with Crippen LogP contribution in [0.1, 0.15) is 23.0 Å². The molecular formula is C30H29Cl2N3O10P2. The van der Waals surface area contributed by atoms with Gasteiger partial charge in [0.25, 0.3) is 0 Å². The van der Waals surface area contributed by atoms with Crippen LogP contribution in [0.5, 0.6) is 11.5 Å². The number of hydrogen-bond acceptors (Lipinski definition) is 7. The summed E-state index contributed by atoms with van der Waals surface area (Å²) in [5.41, 5.74) is 2.30. The molecule has 5 N–H and O–H groups in total. The number of rotatable bonds is 10. The second-order valence-electron chi connectivity index (χ2n) is 11.2. The maximum absolute atomic E-state index is 13.5. The zero-order chi connectivity index (χ0) is 33.7.